The second-order valence-corrected chi connectivity index (χ2v) is 7.72. The Morgan fingerprint density at radius 3 is 2.86 bits per heavy atom. The first-order valence-corrected chi connectivity index (χ1v) is 10.00. The molecule has 7 nitrogen and oxygen atoms in total. The van der Waals surface area contributed by atoms with Crippen LogP contribution in [0.1, 0.15) is 25.8 Å². The number of anilines is 2. The van der Waals surface area contributed by atoms with Crippen LogP contribution in [0.5, 0.6) is 0 Å². The van der Waals surface area contributed by atoms with E-state index >= 15 is 0 Å². The van der Waals surface area contributed by atoms with Crippen molar-refractivity contribution >= 4 is 22.9 Å². The number of nitrogens with one attached hydrogen (secondary N) is 2. The summed E-state index contributed by atoms with van der Waals surface area (Å²) in [5.41, 5.74) is 4.50. The molecule has 2 atom stereocenters. The van der Waals surface area contributed by atoms with Crippen LogP contribution in [0.3, 0.4) is 0 Å². The SMILES string of the molecule is COC1COCCC1Nc1ccc2c(c1)/C(=C1\COCCN1)C(=O)N2C(C)C. The molecule has 2 N–H and O–H groups in total. The van der Waals surface area contributed by atoms with Crippen molar-refractivity contribution in [3.05, 3.63) is 29.5 Å². The van der Waals surface area contributed by atoms with Crippen LogP contribution in [0.15, 0.2) is 23.9 Å². The zero-order valence-electron chi connectivity index (χ0n) is 16.8. The minimum atomic E-state index is 0.0158. The average Bonchev–Trinajstić information content (AvgIpc) is 3.00. The highest BCUT2D eigenvalue weighted by molar-refractivity contribution is 6.33. The zero-order valence-corrected chi connectivity index (χ0v) is 16.8. The highest BCUT2D eigenvalue weighted by atomic mass is 16.5. The third kappa shape index (κ3) is 3.50. The predicted octanol–water partition coefficient (Wildman–Crippen LogP) is 1.99. The van der Waals surface area contributed by atoms with Crippen molar-refractivity contribution in [3.8, 4) is 0 Å². The van der Waals surface area contributed by atoms with Gasteiger partial charge in [0.05, 0.1) is 42.8 Å². The molecule has 2 saturated heterocycles. The number of morpholine rings is 1. The van der Waals surface area contributed by atoms with Crippen molar-refractivity contribution in [3.63, 3.8) is 0 Å². The van der Waals surface area contributed by atoms with Gasteiger partial charge in [-0.25, -0.2) is 0 Å². The molecule has 1 aromatic carbocycles. The first-order valence-electron chi connectivity index (χ1n) is 10.00. The number of carbonyl (C=O) groups is 1. The maximum atomic E-state index is 13.2. The van der Waals surface area contributed by atoms with E-state index in [0.717, 1.165) is 47.8 Å². The maximum Gasteiger partial charge on any atom is 0.261 e. The van der Waals surface area contributed by atoms with Crippen molar-refractivity contribution in [1.29, 1.82) is 0 Å². The van der Waals surface area contributed by atoms with Crippen LogP contribution in [0.25, 0.3) is 5.57 Å². The average molecular weight is 387 g/mol. The van der Waals surface area contributed by atoms with Gasteiger partial charge >= 0.3 is 0 Å². The normalized spacial score (nSPS) is 27.7. The molecule has 0 aliphatic carbocycles. The van der Waals surface area contributed by atoms with Gasteiger partial charge in [-0.2, -0.15) is 0 Å². The molecular formula is C21H29N3O4. The number of carbonyl (C=O) groups excluding carboxylic acids is 1. The van der Waals surface area contributed by atoms with Crippen LogP contribution in [-0.2, 0) is 19.0 Å². The third-order valence-corrected chi connectivity index (χ3v) is 5.57. The Morgan fingerprint density at radius 1 is 1.29 bits per heavy atom. The molecule has 2 unspecified atom stereocenters. The van der Waals surface area contributed by atoms with Gasteiger partial charge in [0.25, 0.3) is 5.91 Å². The number of hydrogen-bond donors (Lipinski definition) is 2. The summed E-state index contributed by atoms with van der Waals surface area (Å²) < 4.78 is 16.7. The molecule has 0 spiro atoms. The Kier molecular flexibility index (Phi) is 5.57. The summed E-state index contributed by atoms with van der Waals surface area (Å²) >= 11 is 0. The lowest BCUT2D eigenvalue weighted by Gasteiger charge is -2.32. The standard InChI is InChI=1S/C21H29N3O4/c1-13(2)24-18-5-4-14(23-16-6-8-27-12-19(16)26-3)10-15(18)20(21(24)25)17-11-28-9-7-22-17/h4-5,10,13,16,19,22-23H,6-9,11-12H2,1-3H3/b20-17-. The number of fused-ring (bicyclic) bond motifs is 1. The molecule has 2 fully saturated rings. The Hall–Kier alpha value is -2.09. The first kappa shape index (κ1) is 19.2. The monoisotopic (exact) mass is 387 g/mol. The molecule has 4 rings (SSSR count). The smallest absolute Gasteiger partial charge is 0.261 e. The molecule has 1 amide bonds. The largest absolute Gasteiger partial charge is 0.383 e. The van der Waals surface area contributed by atoms with Crippen LogP contribution in [0.4, 0.5) is 11.4 Å². The van der Waals surface area contributed by atoms with Gasteiger partial charge in [0.15, 0.2) is 0 Å². The number of nitrogens with zero attached hydrogens (tertiary/aromatic N) is 1. The van der Waals surface area contributed by atoms with E-state index in [1.54, 1.807) is 7.11 Å². The number of benzene rings is 1. The van der Waals surface area contributed by atoms with Crippen LogP contribution in [0.2, 0.25) is 0 Å². The zero-order chi connectivity index (χ0) is 19.7. The first-order chi connectivity index (χ1) is 13.6. The molecule has 152 valence electrons. The Morgan fingerprint density at radius 2 is 2.14 bits per heavy atom. The Balaban J connectivity index is 1.69. The molecule has 3 aliphatic rings. The quantitative estimate of drug-likeness (QED) is 0.770. The minimum Gasteiger partial charge on any atom is -0.383 e. The van der Waals surface area contributed by atoms with E-state index < -0.39 is 0 Å². The Labute approximate surface area is 166 Å². The molecule has 1 aromatic rings. The van der Waals surface area contributed by atoms with Gasteiger partial charge in [-0.05, 0) is 38.5 Å². The van der Waals surface area contributed by atoms with Gasteiger partial charge < -0.3 is 29.7 Å². The number of hydrogen-bond acceptors (Lipinski definition) is 6. The lowest BCUT2D eigenvalue weighted by atomic mass is 10.0. The fraction of sp³-hybridized carbons (Fsp3) is 0.571. The van der Waals surface area contributed by atoms with Crippen molar-refractivity contribution in [2.75, 3.05) is 50.3 Å². The van der Waals surface area contributed by atoms with E-state index in [-0.39, 0.29) is 24.1 Å². The number of methoxy groups -OCH3 is 1. The van der Waals surface area contributed by atoms with Crippen molar-refractivity contribution < 1.29 is 19.0 Å². The molecule has 3 heterocycles. The van der Waals surface area contributed by atoms with E-state index in [1.807, 2.05) is 30.9 Å². The van der Waals surface area contributed by atoms with Gasteiger partial charge in [0.1, 0.15) is 6.10 Å². The fourth-order valence-corrected chi connectivity index (χ4v) is 4.17. The van der Waals surface area contributed by atoms with Gasteiger partial charge in [0.2, 0.25) is 0 Å². The highest BCUT2D eigenvalue weighted by Gasteiger charge is 2.37. The van der Waals surface area contributed by atoms with Gasteiger partial charge in [-0.15, -0.1) is 0 Å². The Bertz CT molecular complexity index is 769. The topological polar surface area (TPSA) is 72.1 Å². The van der Waals surface area contributed by atoms with E-state index in [4.69, 9.17) is 14.2 Å². The number of rotatable bonds is 4. The van der Waals surface area contributed by atoms with E-state index in [1.165, 1.54) is 0 Å². The number of amides is 1. The molecule has 0 saturated carbocycles. The van der Waals surface area contributed by atoms with Crippen LogP contribution >= 0.6 is 0 Å². The lowest BCUT2D eigenvalue weighted by molar-refractivity contribution is -0.113. The van der Waals surface area contributed by atoms with Crippen LogP contribution in [0, 0.1) is 0 Å². The van der Waals surface area contributed by atoms with Crippen LogP contribution < -0.4 is 15.5 Å². The van der Waals surface area contributed by atoms with Gasteiger partial charge in [-0.3, -0.25) is 4.79 Å². The summed E-state index contributed by atoms with van der Waals surface area (Å²) in [5.74, 6) is 0.0379. The highest BCUT2D eigenvalue weighted by Crippen LogP contribution is 2.41. The summed E-state index contributed by atoms with van der Waals surface area (Å²) in [6, 6.07) is 6.43. The maximum absolute atomic E-state index is 13.2. The second kappa shape index (κ2) is 8.11. The summed E-state index contributed by atoms with van der Waals surface area (Å²) in [4.78, 5) is 15.1. The summed E-state index contributed by atoms with van der Waals surface area (Å²) in [6.45, 7) is 7.22. The predicted molar refractivity (Wildman–Crippen MR) is 108 cm³/mol. The molecule has 0 radical (unpaired) electrons. The van der Waals surface area contributed by atoms with Crippen molar-refractivity contribution in [2.24, 2.45) is 0 Å². The summed E-state index contributed by atoms with van der Waals surface area (Å²) in [7, 11) is 1.72. The van der Waals surface area contributed by atoms with Crippen molar-refractivity contribution in [2.45, 2.75) is 38.5 Å². The molecule has 28 heavy (non-hydrogen) atoms. The minimum absolute atomic E-state index is 0.0158. The molecule has 3 aliphatic heterocycles. The van der Waals surface area contributed by atoms with Gasteiger partial charge in [0, 0.05) is 37.6 Å². The second-order valence-electron chi connectivity index (χ2n) is 7.72. The molecule has 7 heteroatoms. The molecule has 0 aromatic heterocycles. The lowest BCUT2D eigenvalue weighted by Crippen LogP contribution is -2.43. The third-order valence-electron chi connectivity index (χ3n) is 5.57. The van der Waals surface area contributed by atoms with Crippen molar-refractivity contribution in [1.82, 2.24) is 5.32 Å². The van der Waals surface area contributed by atoms with E-state index in [9.17, 15) is 4.79 Å². The summed E-state index contributed by atoms with van der Waals surface area (Å²) in [5, 5.41) is 6.94. The molecular weight excluding hydrogens is 358 g/mol. The number of ether oxygens (including phenoxy) is 3. The van der Waals surface area contributed by atoms with Crippen LogP contribution in [-0.4, -0.2) is 64.2 Å². The van der Waals surface area contributed by atoms with E-state index in [0.29, 0.717) is 19.8 Å². The van der Waals surface area contributed by atoms with E-state index in [2.05, 4.69) is 16.7 Å². The fourth-order valence-electron chi connectivity index (χ4n) is 4.17. The summed E-state index contributed by atoms with van der Waals surface area (Å²) in [6.07, 6.45) is 0.901. The molecule has 0 bridgehead atoms. The van der Waals surface area contributed by atoms with Gasteiger partial charge in [-0.1, -0.05) is 0 Å².